The van der Waals surface area contributed by atoms with Crippen molar-refractivity contribution in [2.45, 2.75) is 38.4 Å². The molecule has 1 aliphatic rings. The van der Waals surface area contributed by atoms with Crippen molar-refractivity contribution in [1.82, 2.24) is 5.32 Å². The molecule has 86 valence electrons. The Kier molecular flexibility index (Phi) is 4.05. The monoisotopic (exact) mass is 217 g/mol. The third-order valence-corrected chi connectivity index (χ3v) is 2.67. The van der Waals surface area contributed by atoms with Gasteiger partial charge in [-0.1, -0.05) is 0 Å². The molecular weight excluding hydrogens is 201 g/mol. The third-order valence-electron chi connectivity index (χ3n) is 2.67. The summed E-state index contributed by atoms with van der Waals surface area (Å²) in [5.41, 5.74) is 0. The van der Waals surface area contributed by atoms with Gasteiger partial charge in [-0.25, -0.2) is 4.39 Å². The first-order valence-electron chi connectivity index (χ1n) is 5.01. The summed E-state index contributed by atoms with van der Waals surface area (Å²) >= 11 is 0. The van der Waals surface area contributed by atoms with Crippen molar-refractivity contribution >= 4 is 11.9 Å². The molecule has 0 bridgehead atoms. The molecule has 4 nitrogen and oxygen atoms in total. The lowest BCUT2D eigenvalue weighted by Crippen LogP contribution is -2.31. The van der Waals surface area contributed by atoms with Crippen LogP contribution < -0.4 is 5.32 Å². The van der Waals surface area contributed by atoms with E-state index >= 15 is 0 Å². The Hall–Kier alpha value is -1.13. The molecule has 0 aromatic rings. The molecule has 0 unspecified atom stereocenters. The quantitative estimate of drug-likeness (QED) is 0.711. The lowest BCUT2D eigenvalue weighted by atomic mass is 10.0. The number of hydrogen-bond acceptors (Lipinski definition) is 3. The van der Waals surface area contributed by atoms with Crippen molar-refractivity contribution in [3.63, 3.8) is 0 Å². The maximum atomic E-state index is 13.4. The Labute approximate surface area is 88.2 Å². The molecule has 0 radical (unpaired) electrons. The van der Waals surface area contributed by atoms with Gasteiger partial charge in [-0.05, 0) is 12.8 Å². The SMILES string of the molecule is COC(=O)C[C@H]1C[C@@H](NC(C)=O)C[C@@H]1F. The van der Waals surface area contributed by atoms with E-state index in [4.69, 9.17) is 0 Å². The summed E-state index contributed by atoms with van der Waals surface area (Å²) in [6.45, 7) is 1.40. The molecule has 1 fully saturated rings. The number of alkyl halides is 1. The highest BCUT2D eigenvalue weighted by Crippen LogP contribution is 2.31. The summed E-state index contributed by atoms with van der Waals surface area (Å²) < 4.78 is 17.9. The van der Waals surface area contributed by atoms with E-state index in [0.29, 0.717) is 12.8 Å². The Morgan fingerprint density at radius 3 is 2.67 bits per heavy atom. The molecule has 0 aromatic heterocycles. The molecule has 5 heteroatoms. The van der Waals surface area contributed by atoms with E-state index in [0.717, 1.165) is 0 Å². The van der Waals surface area contributed by atoms with E-state index in [2.05, 4.69) is 10.1 Å². The molecule has 0 heterocycles. The van der Waals surface area contributed by atoms with Crippen LogP contribution in [0.25, 0.3) is 0 Å². The summed E-state index contributed by atoms with van der Waals surface area (Å²) in [5, 5.41) is 2.66. The van der Waals surface area contributed by atoms with Crippen LogP contribution in [0.15, 0.2) is 0 Å². The zero-order valence-electron chi connectivity index (χ0n) is 8.96. The van der Waals surface area contributed by atoms with Gasteiger partial charge in [-0.3, -0.25) is 9.59 Å². The number of esters is 1. The predicted molar refractivity (Wildman–Crippen MR) is 51.9 cm³/mol. The topological polar surface area (TPSA) is 55.4 Å². The summed E-state index contributed by atoms with van der Waals surface area (Å²) in [4.78, 5) is 21.7. The first kappa shape index (κ1) is 11.9. The number of amides is 1. The van der Waals surface area contributed by atoms with E-state index in [1.807, 2.05) is 0 Å². The summed E-state index contributed by atoms with van der Waals surface area (Å²) in [6.07, 6.45) is -0.133. The number of carbonyl (C=O) groups is 2. The van der Waals surface area contributed by atoms with Crippen molar-refractivity contribution in [2.75, 3.05) is 7.11 Å². The lowest BCUT2D eigenvalue weighted by molar-refractivity contribution is -0.142. The molecule has 0 spiro atoms. The van der Waals surface area contributed by atoms with Crippen LogP contribution in [0.2, 0.25) is 0 Å². The van der Waals surface area contributed by atoms with E-state index < -0.39 is 12.1 Å². The molecule has 1 saturated carbocycles. The zero-order chi connectivity index (χ0) is 11.4. The van der Waals surface area contributed by atoms with Gasteiger partial charge in [-0.15, -0.1) is 0 Å². The Balaban J connectivity index is 2.42. The number of rotatable bonds is 3. The number of nitrogens with one attached hydrogen (secondary N) is 1. The smallest absolute Gasteiger partial charge is 0.305 e. The third kappa shape index (κ3) is 3.49. The van der Waals surface area contributed by atoms with Crippen molar-refractivity contribution < 1.29 is 18.7 Å². The van der Waals surface area contributed by atoms with Crippen molar-refractivity contribution in [2.24, 2.45) is 5.92 Å². The molecular formula is C10H16FNO3. The van der Waals surface area contributed by atoms with Crippen LogP contribution >= 0.6 is 0 Å². The normalized spacial score (nSPS) is 29.9. The van der Waals surface area contributed by atoms with Crippen molar-refractivity contribution in [3.8, 4) is 0 Å². The summed E-state index contributed by atoms with van der Waals surface area (Å²) in [7, 11) is 1.29. The van der Waals surface area contributed by atoms with Crippen molar-refractivity contribution in [1.29, 1.82) is 0 Å². The minimum Gasteiger partial charge on any atom is -0.469 e. The van der Waals surface area contributed by atoms with Crippen LogP contribution in [-0.2, 0) is 14.3 Å². The highest BCUT2D eigenvalue weighted by molar-refractivity contribution is 5.73. The molecule has 1 amide bonds. The Morgan fingerprint density at radius 1 is 1.47 bits per heavy atom. The van der Waals surface area contributed by atoms with Crippen LogP contribution in [0.1, 0.15) is 26.2 Å². The lowest BCUT2D eigenvalue weighted by Gasteiger charge is -2.10. The van der Waals surface area contributed by atoms with Gasteiger partial charge in [0.2, 0.25) is 5.91 Å². The number of hydrogen-bond donors (Lipinski definition) is 1. The van der Waals surface area contributed by atoms with E-state index in [-0.39, 0.29) is 24.3 Å². The van der Waals surface area contributed by atoms with Crippen LogP contribution in [0.5, 0.6) is 0 Å². The van der Waals surface area contributed by atoms with Gasteiger partial charge in [0.15, 0.2) is 0 Å². The minimum atomic E-state index is -1.03. The molecule has 1 N–H and O–H groups in total. The molecule has 15 heavy (non-hydrogen) atoms. The fourth-order valence-corrected chi connectivity index (χ4v) is 1.99. The van der Waals surface area contributed by atoms with Crippen LogP contribution in [0.4, 0.5) is 4.39 Å². The second kappa shape index (κ2) is 5.09. The van der Waals surface area contributed by atoms with Gasteiger partial charge in [0.05, 0.1) is 13.5 Å². The van der Waals surface area contributed by atoms with Gasteiger partial charge < -0.3 is 10.1 Å². The first-order valence-corrected chi connectivity index (χ1v) is 5.01. The molecule has 0 aliphatic heterocycles. The van der Waals surface area contributed by atoms with Gasteiger partial charge in [-0.2, -0.15) is 0 Å². The Morgan fingerprint density at radius 2 is 2.13 bits per heavy atom. The predicted octanol–water partition coefficient (Wildman–Crippen LogP) is 0.802. The molecule has 1 aliphatic carbocycles. The van der Waals surface area contributed by atoms with Gasteiger partial charge in [0, 0.05) is 18.9 Å². The highest BCUT2D eigenvalue weighted by Gasteiger charge is 2.36. The number of carbonyl (C=O) groups excluding carboxylic acids is 2. The standard InChI is InChI=1S/C10H16FNO3/c1-6(13)12-8-3-7(9(11)5-8)4-10(14)15-2/h7-9H,3-5H2,1-2H3,(H,12,13)/t7-,8-,9+/m1/s1. The van der Waals surface area contributed by atoms with E-state index in [1.54, 1.807) is 0 Å². The van der Waals surface area contributed by atoms with E-state index in [9.17, 15) is 14.0 Å². The number of ether oxygens (including phenoxy) is 1. The highest BCUT2D eigenvalue weighted by atomic mass is 19.1. The average Bonchev–Trinajstić information content (AvgIpc) is 2.45. The number of halogens is 1. The molecule has 1 rings (SSSR count). The van der Waals surface area contributed by atoms with E-state index in [1.165, 1.54) is 14.0 Å². The molecule has 3 atom stereocenters. The fraction of sp³-hybridized carbons (Fsp3) is 0.800. The van der Waals surface area contributed by atoms with Gasteiger partial charge in [0.1, 0.15) is 6.17 Å². The zero-order valence-corrected chi connectivity index (χ0v) is 8.96. The summed E-state index contributed by atoms with van der Waals surface area (Å²) in [5.74, 6) is -0.883. The average molecular weight is 217 g/mol. The second-order valence-electron chi connectivity index (χ2n) is 3.93. The summed E-state index contributed by atoms with van der Waals surface area (Å²) in [6, 6.07) is -0.146. The molecule has 0 saturated heterocycles. The van der Waals surface area contributed by atoms with Gasteiger partial charge in [0.25, 0.3) is 0 Å². The van der Waals surface area contributed by atoms with Crippen LogP contribution in [0.3, 0.4) is 0 Å². The van der Waals surface area contributed by atoms with Crippen LogP contribution in [-0.4, -0.2) is 31.2 Å². The maximum absolute atomic E-state index is 13.4. The van der Waals surface area contributed by atoms with Gasteiger partial charge >= 0.3 is 5.97 Å². The molecule has 0 aromatic carbocycles. The minimum absolute atomic E-state index is 0.0910. The number of methoxy groups -OCH3 is 1. The maximum Gasteiger partial charge on any atom is 0.305 e. The second-order valence-corrected chi connectivity index (χ2v) is 3.93. The largest absolute Gasteiger partial charge is 0.469 e. The van der Waals surface area contributed by atoms with Crippen molar-refractivity contribution in [3.05, 3.63) is 0 Å². The Bertz CT molecular complexity index is 257. The fourth-order valence-electron chi connectivity index (χ4n) is 1.99. The first-order chi connectivity index (χ1) is 7.02. The van der Waals surface area contributed by atoms with Crippen LogP contribution in [0, 0.1) is 5.92 Å².